The van der Waals surface area contributed by atoms with Gasteiger partial charge in [0.15, 0.2) is 0 Å². The van der Waals surface area contributed by atoms with Crippen molar-refractivity contribution in [2.45, 2.75) is 39.2 Å². The molecule has 2 amide bonds. The van der Waals surface area contributed by atoms with E-state index in [4.69, 9.17) is 4.74 Å². The molecule has 3 rings (SSSR count). The van der Waals surface area contributed by atoms with E-state index in [9.17, 15) is 18.0 Å². The summed E-state index contributed by atoms with van der Waals surface area (Å²) in [5.74, 6) is -0.235. The average Bonchev–Trinajstić information content (AvgIpc) is 2.83. The maximum Gasteiger partial charge on any atom is 0.255 e. The highest BCUT2D eigenvalue weighted by Gasteiger charge is 2.29. The number of nitrogens with one attached hydrogen (secondary N) is 2. The first-order chi connectivity index (χ1) is 17.3. The number of hydrogen-bond donors (Lipinski definition) is 2. The van der Waals surface area contributed by atoms with Gasteiger partial charge in [-0.25, -0.2) is 8.42 Å². The van der Waals surface area contributed by atoms with Crippen molar-refractivity contribution in [2.24, 2.45) is 0 Å². The van der Waals surface area contributed by atoms with Crippen LogP contribution in [0, 0.1) is 0 Å². The van der Waals surface area contributed by atoms with E-state index in [2.05, 4.69) is 31.4 Å². The summed E-state index contributed by atoms with van der Waals surface area (Å²) in [6.45, 7) is 7.83. The highest BCUT2D eigenvalue weighted by Crippen LogP contribution is 2.25. The van der Waals surface area contributed by atoms with E-state index in [1.165, 1.54) is 14.0 Å². The summed E-state index contributed by atoms with van der Waals surface area (Å²) in [6.07, 6.45) is 1.05. The smallest absolute Gasteiger partial charge is 0.255 e. The van der Waals surface area contributed by atoms with Gasteiger partial charge in [-0.3, -0.25) is 13.9 Å². The highest BCUT2D eigenvalue weighted by atomic mass is 32.2. The molecule has 8 nitrogen and oxygen atoms in total. The lowest BCUT2D eigenvalue weighted by atomic mass is 9.87. The molecule has 0 heterocycles. The number of methoxy groups -OCH3 is 1. The molecule has 0 radical (unpaired) electrons. The topological polar surface area (TPSA) is 105 Å². The Labute approximate surface area is 218 Å². The second-order valence-corrected chi connectivity index (χ2v) is 11.6. The fourth-order valence-corrected chi connectivity index (χ4v) is 4.96. The third-order valence-electron chi connectivity index (χ3n) is 5.82. The molecular formula is C28H33N3O5S. The van der Waals surface area contributed by atoms with Gasteiger partial charge in [0, 0.05) is 16.9 Å². The van der Waals surface area contributed by atoms with E-state index in [1.807, 2.05) is 12.1 Å². The molecule has 37 heavy (non-hydrogen) atoms. The SMILES string of the molecule is COc1ccc(N([C@H](C)C(=O)Nc2cccc(NC(=O)c3ccc(C(C)(C)C)cc3)c2)S(C)(=O)=O)cc1. The second-order valence-electron chi connectivity index (χ2n) is 9.78. The van der Waals surface area contributed by atoms with Crippen molar-refractivity contribution in [3.63, 3.8) is 0 Å². The van der Waals surface area contributed by atoms with Crippen molar-refractivity contribution in [1.82, 2.24) is 0 Å². The van der Waals surface area contributed by atoms with Crippen LogP contribution in [0.4, 0.5) is 17.1 Å². The first kappa shape index (κ1) is 27.7. The number of hydrogen-bond acceptors (Lipinski definition) is 5. The van der Waals surface area contributed by atoms with E-state index >= 15 is 0 Å². The van der Waals surface area contributed by atoms with Gasteiger partial charge in [-0.1, -0.05) is 39.0 Å². The molecule has 1 atom stereocenters. The van der Waals surface area contributed by atoms with E-state index in [-0.39, 0.29) is 11.3 Å². The molecule has 0 bridgehead atoms. The molecule has 9 heteroatoms. The predicted octanol–water partition coefficient (Wildman–Crippen LogP) is 5.04. The van der Waals surface area contributed by atoms with Crippen molar-refractivity contribution in [3.05, 3.63) is 83.9 Å². The van der Waals surface area contributed by atoms with Crippen LogP contribution in [-0.4, -0.2) is 39.6 Å². The molecule has 0 saturated carbocycles. The number of sulfonamides is 1. The summed E-state index contributed by atoms with van der Waals surface area (Å²) in [6, 6.07) is 19.5. The number of carbonyl (C=O) groups is 2. The summed E-state index contributed by atoms with van der Waals surface area (Å²) in [5, 5.41) is 5.58. The van der Waals surface area contributed by atoms with Gasteiger partial charge in [0.2, 0.25) is 15.9 Å². The zero-order valence-electron chi connectivity index (χ0n) is 21.9. The van der Waals surface area contributed by atoms with Crippen molar-refractivity contribution < 1.29 is 22.7 Å². The first-order valence-electron chi connectivity index (χ1n) is 11.8. The molecule has 0 aliphatic rings. The second kappa shape index (κ2) is 11.0. The van der Waals surface area contributed by atoms with Crippen LogP contribution in [0.3, 0.4) is 0 Å². The van der Waals surface area contributed by atoms with E-state index in [0.717, 1.165) is 16.1 Å². The van der Waals surface area contributed by atoms with E-state index in [1.54, 1.807) is 60.7 Å². The summed E-state index contributed by atoms with van der Waals surface area (Å²) in [5.41, 5.74) is 2.87. The quantitative estimate of drug-likeness (QED) is 0.431. The van der Waals surface area contributed by atoms with Gasteiger partial charge >= 0.3 is 0 Å². The Balaban J connectivity index is 1.73. The van der Waals surface area contributed by atoms with Crippen LogP contribution >= 0.6 is 0 Å². The summed E-state index contributed by atoms with van der Waals surface area (Å²) in [4.78, 5) is 25.8. The van der Waals surface area contributed by atoms with Crippen molar-refractivity contribution in [3.8, 4) is 5.75 Å². The normalized spacial score (nSPS) is 12.4. The van der Waals surface area contributed by atoms with Gasteiger partial charge in [-0.15, -0.1) is 0 Å². The van der Waals surface area contributed by atoms with Crippen LogP contribution in [-0.2, 0) is 20.2 Å². The van der Waals surface area contributed by atoms with E-state index in [0.29, 0.717) is 28.4 Å². The maximum absolute atomic E-state index is 13.0. The van der Waals surface area contributed by atoms with Crippen LogP contribution in [0.15, 0.2) is 72.8 Å². The lowest BCUT2D eigenvalue weighted by molar-refractivity contribution is -0.116. The number of anilines is 3. The fraction of sp³-hybridized carbons (Fsp3) is 0.286. The van der Waals surface area contributed by atoms with Crippen molar-refractivity contribution in [2.75, 3.05) is 28.3 Å². The van der Waals surface area contributed by atoms with Gasteiger partial charge in [-0.2, -0.15) is 0 Å². The standard InChI is InChI=1S/C28H33N3O5S/c1-19(31(37(6,34)35)24-14-16-25(36-5)17-15-24)26(32)29-22-8-7-9-23(18-22)30-27(33)20-10-12-21(13-11-20)28(2,3)4/h7-19H,1-6H3,(H,29,32)(H,30,33)/t19-/m1/s1. The van der Waals surface area contributed by atoms with Crippen LogP contribution < -0.4 is 19.7 Å². The number of nitrogens with zero attached hydrogens (tertiary/aromatic N) is 1. The summed E-state index contributed by atoms with van der Waals surface area (Å²) < 4.78 is 31.3. The van der Waals surface area contributed by atoms with Crippen LogP contribution in [0.25, 0.3) is 0 Å². The van der Waals surface area contributed by atoms with Crippen molar-refractivity contribution >= 4 is 38.9 Å². The molecule has 0 aliphatic carbocycles. The molecule has 2 N–H and O–H groups in total. The molecule has 0 aromatic heterocycles. The summed E-state index contributed by atoms with van der Waals surface area (Å²) in [7, 11) is -2.25. The zero-order chi connectivity index (χ0) is 27.4. The number of rotatable bonds is 8. The lowest BCUT2D eigenvalue weighted by Gasteiger charge is -2.28. The molecule has 0 fully saturated rings. The monoisotopic (exact) mass is 523 g/mol. The fourth-order valence-electron chi connectivity index (χ4n) is 3.78. The van der Waals surface area contributed by atoms with Crippen molar-refractivity contribution in [1.29, 1.82) is 0 Å². The minimum atomic E-state index is -3.77. The third kappa shape index (κ3) is 7.10. The van der Waals surface area contributed by atoms with Crippen LogP contribution in [0.1, 0.15) is 43.6 Å². The zero-order valence-corrected chi connectivity index (χ0v) is 22.7. The van der Waals surface area contributed by atoms with E-state index < -0.39 is 22.0 Å². The molecule has 0 aliphatic heterocycles. The number of carbonyl (C=O) groups excluding carboxylic acids is 2. The Morgan fingerprint density at radius 3 is 1.97 bits per heavy atom. The average molecular weight is 524 g/mol. The molecule has 0 unspecified atom stereocenters. The molecule has 3 aromatic rings. The minimum absolute atomic E-state index is 0.0151. The maximum atomic E-state index is 13.0. The number of amides is 2. The highest BCUT2D eigenvalue weighted by molar-refractivity contribution is 7.92. The minimum Gasteiger partial charge on any atom is -0.497 e. The van der Waals surface area contributed by atoms with Crippen LogP contribution in [0.2, 0.25) is 0 Å². The molecule has 3 aromatic carbocycles. The number of benzene rings is 3. The van der Waals surface area contributed by atoms with Gasteiger partial charge in [0.25, 0.3) is 5.91 Å². The number of ether oxygens (including phenoxy) is 1. The molecule has 196 valence electrons. The Hall–Kier alpha value is -3.85. The van der Waals surface area contributed by atoms with Gasteiger partial charge in [0.1, 0.15) is 11.8 Å². The Morgan fingerprint density at radius 2 is 1.46 bits per heavy atom. The lowest BCUT2D eigenvalue weighted by Crippen LogP contribution is -2.45. The van der Waals surface area contributed by atoms with Gasteiger partial charge in [-0.05, 0) is 72.5 Å². The molecule has 0 saturated heterocycles. The predicted molar refractivity (Wildman–Crippen MR) is 148 cm³/mol. The molecule has 0 spiro atoms. The Kier molecular flexibility index (Phi) is 8.28. The van der Waals surface area contributed by atoms with Gasteiger partial charge < -0.3 is 15.4 Å². The Morgan fingerprint density at radius 1 is 0.892 bits per heavy atom. The Bertz CT molecular complexity index is 1360. The molecular weight excluding hydrogens is 490 g/mol. The van der Waals surface area contributed by atoms with Gasteiger partial charge in [0.05, 0.1) is 19.1 Å². The largest absolute Gasteiger partial charge is 0.497 e. The van der Waals surface area contributed by atoms with Crippen LogP contribution in [0.5, 0.6) is 5.75 Å². The summed E-state index contributed by atoms with van der Waals surface area (Å²) >= 11 is 0. The first-order valence-corrected chi connectivity index (χ1v) is 13.6. The third-order valence-corrected chi connectivity index (χ3v) is 7.06.